The molecule has 0 spiro atoms. The number of nitrogens with one attached hydrogen (secondary N) is 1. The number of aryl methyl sites for hydroxylation is 1. The molecule has 1 N–H and O–H groups in total. The van der Waals surface area contributed by atoms with E-state index in [2.05, 4.69) is 10.4 Å². The van der Waals surface area contributed by atoms with Crippen molar-refractivity contribution < 1.29 is 14.3 Å². The van der Waals surface area contributed by atoms with Gasteiger partial charge < -0.3 is 19.7 Å². The Morgan fingerprint density at radius 3 is 2.79 bits per heavy atom. The van der Waals surface area contributed by atoms with E-state index in [1.54, 1.807) is 10.9 Å². The van der Waals surface area contributed by atoms with Gasteiger partial charge in [0.2, 0.25) is 5.91 Å². The number of ether oxygens (including phenoxy) is 2. The van der Waals surface area contributed by atoms with Gasteiger partial charge in [0.25, 0.3) is 0 Å². The predicted octanol–water partition coefficient (Wildman–Crippen LogP) is 0.715. The minimum Gasteiger partial charge on any atom is -0.375 e. The smallest absolute Gasteiger partial charge is 0.242 e. The van der Waals surface area contributed by atoms with E-state index in [1.807, 2.05) is 32.0 Å². The number of nitrogens with zero attached hydrogens (tertiary/aromatic N) is 3. The van der Waals surface area contributed by atoms with Gasteiger partial charge in [0.05, 0.1) is 32.1 Å². The summed E-state index contributed by atoms with van der Waals surface area (Å²) in [6.45, 7) is 6.99. The van der Waals surface area contributed by atoms with E-state index in [-0.39, 0.29) is 42.9 Å². The normalized spacial score (nSPS) is 30.2. The van der Waals surface area contributed by atoms with E-state index >= 15 is 0 Å². The van der Waals surface area contributed by atoms with Crippen LogP contribution in [0.3, 0.4) is 0 Å². The van der Waals surface area contributed by atoms with E-state index in [1.165, 1.54) is 0 Å². The Morgan fingerprint density at radius 1 is 1.42 bits per heavy atom. The largest absolute Gasteiger partial charge is 0.375 e. The lowest BCUT2D eigenvalue weighted by atomic mass is 9.96. The molecule has 1 unspecified atom stereocenters. The van der Waals surface area contributed by atoms with Gasteiger partial charge in [0.15, 0.2) is 0 Å². The molecule has 1 aromatic heterocycles. The summed E-state index contributed by atoms with van der Waals surface area (Å²) in [5, 5.41) is 7.47. The molecule has 2 saturated heterocycles. The highest BCUT2D eigenvalue weighted by atomic mass is 35.5. The molecule has 9 heteroatoms. The van der Waals surface area contributed by atoms with Crippen LogP contribution < -0.4 is 5.32 Å². The van der Waals surface area contributed by atoms with Crippen molar-refractivity contribution in [2.45, 2.75) is 31.6 Å². The molecule has 0 aliphatic carbocycles. The first-order chi connectivity index (χ1) is 10.5. The molecule has 3 rings (SSSR count). The van der Waals surface area contributed by atoms with Crippen LogP contribution in [0.2, 0.25) is 0 Å². The molecule has 3 heterocycles. The molecule has 3 atom stereocenters. The summed E-state index contributed by atoms with van der Waals surface area (Å²) >= 11 is 0. The summed E-state index contributed by atoms with van der Waals surface area (Å²) in [5.41, 5.74) is 0.481. The second-order valence-corrected chi connectivity index (χ2v) is 6.25. The average molecular weight is 381 g/mol. The van der Waals surface area contributed by atoms with Gasteiger partial charge in [0.1, 0.15) is 11.6 Å². The summed E-state index contributed by atoms with van der Waals surface area (Å²) < 4.78 is 13.3. The van der Waals surface area contributed by atoms with Gasteiger partial charge in [-0.05, 0) is 13.8 Å². The Hall–Kier alpha value is -0.860. The first-order valence-electron chi connectivity index (χ1n) is 7.76. The molecule has 0 saturated carbocycles. The molecule has 0 radical (unpaired) electrons. The molecule has 2 aliphatic rings. The van der Waals surface area contributed by atoms with E-state index in [0.717, 1.165) is 5.56 Å². The molecule has 1 amide bonds. The SMILES string of the molecule is C[C@H]1OCCN[C@@H]1C(=O)N1CCOC(C)(c2cnn(C)c2)C1.Cl.Cl. The molecular weight excluding hydrogens is 355 g/mol. The van der Waals surface area contributed by atoms with Crippen molar-refractivity contribution in [1.82, 2.24) is 20.0 Å². The van der Waals surface area contributed by atoms with Crippen molar-refractivity contribution in [2.75, 3.05) is 32.8 Å². The lowest BCUT2D eigenvalue weighted by molar-refractivity contribution is -0.156. The molecule has 138 valence electrons. The zero-order valence-corrected chi connectivity index (χ0v) is 15.9. The van der Waals surface area contributed by atoms with Crippen LogP contribution in [0.1, 0.15) is 19.4 Å². The monoisotopic (exact) mass is 380 g/mol. The highest BCUT2D eigenvalue weighted by molar-refractivity contribution is 5.85. The van der Waals surface area contributed by atoms with Crippen LogP contribution in [0.5, 0.6) is 0 Å². The second-order valence-electron chi connectivity index (χ2n) is 6.25. The van der Waals surface area contributed by atoms with Crippen LogP contribution >= 0.6 is 24.8 Å². The van der Waals surface area contributed by atoms with Crippen LogP contribution in [-0.4, -0.2) is 65.6 Å². The number of morpholine rings is 2. The zero-order chi connectivity index (χ0) is 15.7. The maximum Gasteiger partial charge on any atom is 0.242 e. The highest BCUT2D eigenvalue weighted by Crippen LogP contribution is 2.29. The van der Waals surface area contributed by atoms with Crippen molar-refractivity contribution in [2.24, 2.45) is 7.05 Å². The van der Waals surface area contributed by atoms with Crippen LogP contribution in [0.15, 0.2) is 12.4 Å². The Bertz CT molecular complexity index is 557. The minimum atomic E-state index is -0.513. The third-order valence-electron chi connectivity index (χ3n) is 4.48. The van der Waals surface area contributed by atoms with Crippen molar-refractivity contribution >= 4 is 30.7 Å². The molecule has 7 nitrogen and oxygen atoms in total. The highest BCUT2D eigenvalue weighted by Gasteiger charge is 2.40. The fourth-order valence-corrected chi connectivity index (χ4v) is 3.13. The fraction of sp³-hybridized carbons (Fsp3) is 0.733. The third kappa shape index (κ3) is 4.21. The van der Waals surface area contributed by atoms with Crippen LogP contribution in [0.25, 0.3) is 0 Å². The summed E-state index contributed by atoms with van der Waals surface area (Å²) in [5.74, 6) is 0.0885. The average Bonchev–Trinajstić information content (AvgIpc) is 2.95. The van der Waals surface area contributed by atoms with Gasteiger partial charge in [-0.15, -0.1) is 24.8 Å². The van der Waals surface area contributed by atoms with Crippen molar-refractivity contribution in [1.29, 1.82) is 0 Å². The molecule has 2 aliphatic heterocycles. The molecule has 2 fully saturated rings. The maximum atomic E-state index is 12.8. The van der Waals surface area contributed by atoms with Gasteiger partial charge in [-0.3, -0.25) is 9.48 Å². The Morgan fingerprint density at radius 2 is 2.17 bits per heavy atom. The van der Waals surface area contributed by atoms with E-state index in [4.69, 9.17) is 9.47 Å². The first kappa shape index (κ1) is 21.2. The molecule has 1 aromatic rings. The first-order valence-corrected chi connectivity index (χ1v) is 7.76. The number of halogens is 2. The summed E-state index contributed by atoms with van der Waals surface area (Å²) in [7, 11) is 1.88. The number of amides is 1. The number of aromatic nitrogens is 2. The minimum absolute atomic E-state index is 0. The lowest BCUT2D eigenvalue weighted by Crippen LogP contribution is -2.60. The third-order valence-corrected chi connectivity index (χ3v) is 4.48. The van der Waals surface area contributed by atoms with Gasteiger partial charge in [0, 0.05) is 31.9 Å². The number of carbonyl (C=O) groups is 1. The Labute approximate surface area is 154 Å². The van der Waals surface area contributed by atoms with Gasteiger partial charge >= 0.3 is 0 Å². The molecule has 24 heavy (non-hydrogen) atoms. The van der Waals surface area contributed by atoms with Gasteiger partial charge in [-0.1, -0.05) is 0 Å². The van der Waals surface area contributed by atoms with Crippen LogP contribution in [0, 0.1) is 0 Å². The number of rotatable bonds is 2. The van der Waals surface area contributed by atoms with Crippen LogP contribution in [0.4, 0.5) is 0 Å². The van der Waals surface area contributed by atoms with E-state index in [0.29, 0.717) is 32.8 Å². The standard InChI is InChI=1S/C15H24N4O3.2ClH/c1-11-13(16-4-6-21-11)14(20)19-5-7-22-15(2,10-19)12-8-17-18(3)9-12;;/h8-9,11,13,16H,4-7,10H2,1-3H3;2*1H/t11-,13+,15?;;/m1../s1. The Balaban J connectivity index is 0.00000144. The van der Waals surface area contributed by atoms with Crippen molar-refractivity contribution in [3.05, 3.63) is 18.0 Å². The topological polar surface area (TPSA) is 68.6 Å². The molecular formula is C15H26Cl2N4O3. The summed E-state index contributed by atoms with van der Waals surface area (Å²) in [4.78, 5) is 14.7. The second kappa shape index (κ2) is 8.49. The quantitative estimate of drug-likeness (QED) is 0.818. The molecule has 0 bridgehead atoms. The number of hydrogen-bond acceptors (Lipinski definition) is 5. The fourth-order valence-electron chi connectivity index (χ4n) is 3.13. The van der Waals surface area contributed by atoms with E-state index < -0.39 is 5.60 Å². The maximum absolute atomic E-state index is 12.8. The van der Waals surface area contributed by atoms with E-state index in [9.17, 15) is 4.79 Å². The Kier molecular flexibility index (Phi) is 7.49. The van der Waals surface area contributed by atoms with Crippen molar-refractivity contribution in [3.63, 3.8) is 0 Å². The number of hydrogen-bond donors (Lipinski definition) is 1. The van der Waals surface area contributed by atoms with Gasteiger partial charge in [-0.25, -0.2) is 0 Å². The molecule has 0 aromatic carbocycles. The predicted molar refractivity (Wildman–Crippen MR) is 94.8 cm³/mol. The summed E-state index contributed by atoms with van der Waals surface area (Å²) in [6, 6.07) is -0.273. The lowest BCUT2D eigenvalue weighted by Gasteiger charge is -2.42. The summed E-state index contributed by atoms with van der Waals surface area (Å²) in [6.07, 6.45) is 3.64. The van der Waals surface area contributed by atoms with Gasteiger partial charge in [-0.2, -0.15) is 5.10 Å². The zero-order valence-electron chi connectivity index (χ0n) is 14.2. The van der Waals surface area contributed by atoms with Crippen molar-refractivity contribution in [3.8, 4) is 0 Å². The van der Waals surface area contributed by atoms with Crippen LogP contribution in [-0.2, 0) is 26.9 Å². The number of carbonyl (C=O) groups excluding carboxylic acids is 1.